The summed E-state index contributed by atoms with van der Waals surface area (Å²) in [5, 5.41) is 9.62. The molecule has 3 amide bonds. The zero-order valence-corrected chi connectivity index (χ0v) is 24.8. The first kappa shape index (κ1) is 28.4. The maximum atomic E-state index is 13.7. The first-order valence-electron chi connectivity index (χ1n) is 12.5. The predicted molar refractivity (Wildman–Crippen MR) is 147 cm³/mol. The van der Waals surface area contributed by atoms with Gasteiger partial charge in [-0.3, -0.25) is 4.79 Å². The van der Waals surface area contributed by atoms with Gasteiger partial charge in [0.05, 0.1) is 48.2 Å². The molecular formula is C25H32Cl2FN5O4Si. The van der Waals surface area contributed by atoms with E-state index in [1.165, 1.54) is 4.90 Å². The van der Waals surface area contributed by atoms with E-state index in [1.54, 1.807) is 20.8 Å². The van der Waals surface area contributed by atoms with Crippen molar-refractivity contribution in [2.45, 2.75) is 76.8 Å². The summed E-state index contributed by atoms with van der Waals surface area (Å²) in [4.78, 5) is 41.4. The third-order valence-electron chi connectivity index (χ3n) is 7.79. The Kier molecular flexibility index (Phi) is 7.35. The summed E-state index contributed by atoms with van der Waals surface area (Å²) in [6.07, 6.45) is 1.85. The van der Waals surface area contributed by atoms with E-state index >= 15 is 0 Å². The lowest BCUT2D eigenvalue weighted by atomic mass is 9.83. The van der Waals surface area contributed by atoms with Gasteiger partial charge in [-0.2, -0.15) is 5.10 Å². The maximum absolute atomic E-state index is 13.7. The van der Waals surface area contributed by atoms with Crippen LogP contribution in [0.15, 0.2) is 12.1 Å². The van der Waals surface area contributed by atoms with E-state index in [4.69, 9.17) is 27.9 Å². The van der Waals surface area contributed by atoms with Crippen LogP contribution in [0, 0.1) is 5.82 Å². The number of nitrogens with zero attached hydrogens (tertiary/aromatic N) is 3. The van der Waals surface area contributed by atoms with Gasteiger partial charge in [0.25, 0.3) is 0 Å². The van der Waals surface area contributed by atoms with E-state index in [1.807, 2.05) is 0 Å². The van der Waals surface area contributed by atoms with Gasteiger partial charge in [-0.1, -0.05) is 49.3 Å². The molecular weight excluding hydrogens is 552 g/mol. The Labute approximate surface area is 232 Å². The average Bonchev–Trinajstić information content (AvgIpc) is 3.23. The number of carbonyl (C=O) groups is 3. The number of ether oxygens (including phenoxy) is 1. The van der Waals surface area contributed by atoms with Crippen molar-refractivity contribution in [3.8, 4) is 0 Å². The molecule has 1 saturated carbocycles. The SMILES string of the molecule is CCOC(=O)n1nc2c(c1NC(=O)C1([Si](C)(C)C)CCC1)CN(C(=O)Nc1c(Cl)cc(F)cc1Cl)C2(C)C. The fourth-order valence-electron chi connectivity index (χ4n) is 5.26. The molecule has 13 heteroatoms. The van der Waals surface area contributed by atoms with Gasteiger partial charge in [0.1, 0.15) is 11.6 Å². The first-order chi connectivity index (χ1) is 17.6. The van der Waals surface area contributed by atoms with E-state index in [0.717, 1.165) is 36.1 Å². The lowest BCUT2D eigenvalue weighted by Crippen LogP contribution is -2.52. The summed E-state index contributed by atoms with van der Waals surface area (Å²) < 4.78 is 19.9. The molecule has 2 heterocycles. The molecule has 2 aliphatic rings. The van der Waals surface area contributed by atoms with Crippen LogP contribution in [0.5, 0.6) is 0 Å². The fourth-order valence-corrected chi connectivity index (χ4v) is 8.41. The summed E-state index contributed by atoms with van der Waals surface area (Å²) in [5.74, 6) is -0.563. The molecule has 1 aliphatic carbocycles. The third-order valence-corrected chi connectivity index (χ3v) is 12.0. The molecule has 0 saturated heterocycles. The van der Waals surface area contributed by atoms with Crippen molar-refractivity contribution in [2.24, 2.45) is 0 Å². The number of nitrogens with one attached hydrogen (secondary N) is 2. The van der Waals surface area contributed by atoms with Crippen LogP contribution in [0.4, 0.5) is 25.5 Å². The number of carbonyl (C=O) groups excluding carboxylic acids is 3. The van der Waals surface area contributed by atoms with Gasteiger partial charge in [-0.15, -0.1) is 4.68 Å². The lowest BCUT2D eigenvalue weighted by molar-refractivity contribution is -0.121. The molecule has 38 heavy (non-hydrogen) atoms. The van der Waals surface area contributed by atoms with E-state index < -0.39 is 36.6 Å². The third kappa shape index (κ3) is 4.58. The molecule has 4 rings (SSSR count). The molecule has 0 bridgehead atoms. The minimum Gasteiger partial charge on any atom is -0.448 e. The Morgan fingerprint density at radius 1 is 1.13 bits per heavy atom. The van der Waals surface area contributed by atoms with Crippen molar-refractivity contribution in [1.82, 2.24) is 14.7 Å². The Hall–Kier alpha value is -2.63. The van der Waals surface area contributed by atoms with Crippen LogP contribution >= 0.6 is 23.2 Å². The van der Waals surface area contributed by atoms with Crippen molar-refractivity contribution in [3.63, 3.8) is 0 Å². The molecule has 9 nitrogen and oxygen atoms in total. The highest BCUT2D eigenvalue weighted by Gasteiger charge is 2.54. The number of hydrogen-bond acceptors (Lipinski definition) is 5. The fraction of sp³-hybridized carbons (Fsp3) is 0.520. The van der Waals surface area contributed by atoms with Gasteiger partial charge < -0.3 is 20.3 Å². The maximum Gasteiger partial charge on any atom is 0.436 e. The molecule has 0 radical (unpaired) electrons. The largest absolute Gasteiger partial charge is 0.448 e. The van der Waals surface area contributed by atoms with Crippen LogP contribution in [0.1, 0.15) is 51.3 Å². The van der Waals surface area contributed by atoms with Gasteiger partial charge >= 0.3 is 12.1 Å². The predicted octanol–water partition coefficient (Wildman–Crippen LogP) is 6.82. The van der Waals surface area contributed by atoms with Crippen LogP contribution in [0.3, 0.4) is 0 Å². The van der Waals surface area contributed by atoms with Crippen LogP contribution in [-0.4, -0.2) is 47.4 Å². The average molecular weight is 585 g/mol. The number of rotatable bonds is 5. The molecule has 1 fully saturated rings. The highest BCUT2D eigenvalue weighted by Crippen LogP contribution is 2.56. The van der Waals surface area contributed by atoms with Crippen LogP contribution in [0.2, 0.25) is 34.7 Å². The second-order valence-corrected chi connectivity index (χ2v) is 17.5. The van der Waals surface area contributed by atoms with Crippen LogP contribution in [-0.2, 0) is 21.6 Å². The standard InChI is InChI=1S/C25H32Cl2FN5O4Si/c1-7-37-23(36)33-20(30-21(34)25(9-8-10-25)38(4,5)6)15-13-32(24(2,3)19(15)31-33)22(35)29-18-16(26)11-14(28)12-17(18)27/h11-12H,7-10,13H2,1-6H3,(H,29,35)(H,30,34). The molecule has 0 atom stereocenters. The topological polar surface area (TPSA) is 106 Å². The Morgan fingerprint density at radius 3 is 2.24 bits per heavy atom. The number of amides is 3. The summed E-state index contributed by atoms with van der Waals surface area (Å²) in [6, 6.07) is 1.55. The molecule has 1 aromatic carbocycles. The highest BCUT2D eigenvalue weighted by atomic mass is 35.5. The molecule has 0 unspecified atom stereocenters. The minimum absolute atomic E-state index is 0.0412. The quantitative estimate of drug-likeness (QED) is 0.376. The summed E-state index contributed by atoms with van der Waals surface area (Å²) in [7, 11) is -1.91. The van der Waals surface area contributed by atoms with Gasteiger partial charge in [0.15, 0.2) is 0 Å². The second-order valence-electron chi connectivity index (χ2n) is 11.2. The number of anilines is 2. The zero-order chi connectivity index (χ0) is 28.2. The van der Waals surface area contributed by atoms with Gasteiger partial charge in [0, 0.05) is 10.6 Å². The number of fused-ring (bicyclic) bond motifs is 1. The van der Waals surface area contributed by atoms with Gasteiger partial charge in [0.2, 0.25) is 5.91 Å². The number of hydrogen-bond donors (Lipinski definition) is 2. The van der Waals surface area contributed by atoms with Crippen molar-refractivity contribution in [1.29, 1.82) is 0 Å². The van der Waals surface area contributed by atoms with Crippen molar-refractivity contribution < 1.29 is 23.5 Å². The normalized spacial score (nSPS) is 17.4. The van der Waals surface area contributed by atoms with Crippen molar-refractivity contribution in [2.75, 3.05) is 17.2 Å². The van der Waals surface area contributed by atoms with E-state index in [2.05, 4.69) is 35.4 Å². The lowest BCUT2D eigenvalue weighted by Gasteiger charge is -2.48. The zero-order valence-electron chi connectivity index (χ0n) is 22.3. The van der Waals surface area contributed by atoms with Crippen LogP contribution < -0.4 is 10.6 Å². The number of benzene rings is 1. The monoisotopic (exact) mass is 583 g/mol. The molecule has 1 aliphatic heterocycles. The molecule has 2 aromatic rings. The van der Waals surface area contributed by atoms with Crippen molar-refractivity contribution >= 4 is 60.8 Å². The molecule has 206 valence electrons. The van der Waals surface area contributed by atoms with E-state index in [9.17, 15) is 18.8 Å². The molecule has 0 spiro atoms. The van der Waals surface area contributed by atoms with Gasteiger partial charge in [-0.25, -0.2) is 14.0 Å². The molecule has 2 N–H and O–H groups in total. The Morgan fingerprint density at radius 2 is 1.74 bits per heavy atom. The van der Waals surface area contributed by atoms with Gasteiger partial charge in [-0.05, 0) is 45.7 Å². The number of aromatic nitrogens is 2. The smallest absolute Gasteiger partial charge is 0.436 e. The highest BCUT2D eigenvalue weighted by molar-refractivity contribution is 6.83. The molecule has 1 aromatic heterocycles. The summed E-state index contributed by atoms with van der Waals surface area (Å²) >= 11 is 12.2. The summed E-state index contributed by atoms with van der Waals surface area (Å²) in [5.41, 5.74) is 0.0749. The van der Waals surface area contributed by atoms with Crippen LogP contribution in [0.25, 0.3) is 0 Å². The Balaban J connectivity index is 1.70. The summed E-state index contributed by atoms with van der Waals surface area (Å²) in [6.45, 7) is 11.9. The number of urea groups is 1. The van der Waals surface area contributed by atoms with E-state index in [-0.39, 0.29) is 40.6 Å². The van der Waals surface area contributed by atoms with Crippen molar-refractivity contribution in [3.05, 3.63) is 39.3 Å². The minimum atomic E-state index is -1.91. The first-order valence-corrected chi connectivity index (χ1v) is 16.7. The van der Waals surface area contributed by atoms with E-state index in [0.29, 0.717) is 11.3 Å². The second kappa shape index (κ2) is 9.84. The number of halogens is 3. The Bertz CT molecular complexity index is 1300.